The Morgan fingerprint density at radius 2 is 2.18 bits per heavy atom. The van der Waals surface area contributed by atoms with Crippen molar-refractivity contribution < 1.29 is 8.78 Å². The zero-order chi connectivity index (χ0) is 23.6. The number of benzene rings is 1. The minimum Gasteiger partial charge on any atom is -0.382 e. The first-order valence-corrected chi connectivity index (χ1v) is 10.9. The highest BCUT2D eigenvalue weighted by molar-refractivity contribution is 5.91. The zero-order valence-corrected chi connectivity index (χ0v) is 18.4. The highest BCUT2D eigenvalue weighted by Crippen LogP contribution is 2.28. The van der Waals surface area contributed by atoms with Gasteiger partial charge in [-0.3, -0.25) is 9.89 Å². The Labute approximate surface area is 190 Å². The average Bonchev–Trinajstić information content (AvgIpc) is 3.11. The number of likely N-dealkylation sites (tertiary alicyclic amines) is 1. The Morgan fingerprint density at radius 1 is 1.36 bits per heavy atom. The van der Waals surface area contributed by atoms with E-state index >= 15 is 0 Å². The lowest BCUT2D eigenvalue weighted by Crippen LogP contribution is -2.38. The van der Waals surface area contributed by atoms with Crippen molar-refractivity contribution >= 4 is 29.5 Å². The molecule has 1 fully saturated rings. The maximum absolute atomic E-state index is 13.4. The quantitative estimate of drug-likeness (QED) is 0.499. The molecule has 2 aromatic rings. The minimum absolute atomic E-state index is 0.0195. The number of nitrogens with zero attached hydrogens (tertiary/aromatic N) is 5. The smallest absolute Gasteiger partial charge is 0.261 e. The fourth-order valence-corrected chi connectivity index (χ4v) is 4.21. The largest absolute Gasteiger partial charge is 0.382 e. The number of alkyl halides is 2. The number of halogens is 2. The monoisotopic (exact) mass is 455 g/mol. The molecule has 1 aromatic heterocycles. The van der Waals surface area contributed by atoms with Gasteiger partial charge in [0.25, 0.3) is 5.92 Å². The van der Waals surface area contributed by atoms with Gasteiger partial charge in [-0.25, -0.2) is 8.78 Å². The van der Waals surface area contributed by atoms with Gasteiger partial charge in [0, 0.05) is 30.4 Å². The summed E-state index contributed by atoms with van der Waals surface area (Å²) < 4.78 is 26.8. The molecule has 0 bridgehead atoms. The summed E-state index contributed by atoms with van der Waals surface area (Å²) in [5.41, 5.74) is 14.7. The van der Waals surface area contributed by atoms with Crippen LogP contribution in [-0.4, -0.2) is 58.8 Å². The molecule has 1 saturated heterocycles. The first kappa shape index (κ1) is 22.7. The Balaban J connectivity index is 1.40. The fraction of sp³-hybridized carbons (Fsp3) is 0.455. The third-order valence-corrected chi connectivity index (χ3v) is 5.94. The van der Waals surface area contributed by atoms with Gasteiger partial charge in [-0.2, -0.15) is 15.2 Å². The van der Waals surface area contributed by atoms with Crippen molar-refractivity contribution in [2.45, 2.75) is 44.3 Å². The maximum Gasteiger partial charge on any atom is 0.261 e. The predicted octanol–water partition coefficient (Wildman–Crippen LogP) is 2.46. The number of nitriles is 1. The second kappa shape index (κ2) is 9.15. The molecule has 1 unspecified atom stereocenters. The van der Waals surface area contributed by atoms with Crippen LogP contribution in [0.5, 0.6) is 0 Å². The van der Waals surface area contributed by atoms with Gasteiger partial charge < -0.3 is 22.1 Å². The van der Waals surface area contributed by atoms with Crippen molar-refractivity contribution in [1.29, 1.82) is 5.26 Å². The summed E-state index contributed by atoms with van der Waals surface area (Å²) in [6.07, 6.45) is 3.05. The van der Waals surface area contributed by atoms with Gasteiger partial charge in [0.2, 0.25) is 5.95 Å². The number of nitrogen functional groups attached to an aromatic ring is 2. The lowest BCUT2D eigenvalue weighted by Gasteiger charge is -2.29. The van der Waals surface area contributed by atoms with Crippen LogP contribution in [0.3, 0.4) is 0 Å². The molecule has 9 nitrogen and oxygen atoms in total. The molecule has 6 N–H and O–H groups in total. The number of hydrogen-bond donors (Lipinski definition) is 4. The normalized spacial score (nSPS) is 20.0. The number of aliphatic imine (C=N–C) groups is 1. The van der Waals surface area contributed by atoms with Crippen LogP contribution in [-0.2, 0) is 6.42 Å². The van der Waals surface area contributed by atoms with Gasteiger partial charge in [-0.05, 0) is 37.9 Å². The average molecular weight is 456 g/mol. The molecule has 2 aliphatic heterocycles. The topological polar surface area (TPSA) is 141 Å². The van der Waals surface area contributed by atoms with Crippen molar-refractivity contribution in [2.24, 2.45) is 4.99 Å². The summed E-state index contributed by atoms with van der Waals surface area (Å²) in [4.78, 5) is 14.4. The third kappa shape index (κ3) is 5.12. The molecule has 0 amide bonds. The maximum atomic E-state index is 13.4. The van der Waals surface area contributed by atoms with Crippen LogP contribution in [0.25, 0.3) is 0 Å². The summed E-state index contributed by atoms with van der Waals surface area (Å²) in [7, 11) is 0. The van der Waals surface area contributed by atoms with E-state index in [0.29, 0.717) is 13.1 Å². The van der Waals surface area contributed by atoms with E-state index in [-0.39, 0.29) is 48.3 Å². The van der Waals surface area contributed by atoms with Crippen LogP contribution in [0.1, 0.15) is 36.5 Å². The lowest BCUT2D eigenvalue weighted by atomic mass is 9.99. The zero-order valence-electron chi connectivity index (χ0n) is 18.4. The van der Waals surface area contributed by atoms with Crippen molar-refractivity contribution in [2.75, 3.05) is 41.7 Å². The summed E-state index contributed by atoms with van der Waals surface area (Å²) in [6, 6.07) is 7.74. The summed E-state index contributed by atoms with van der Waals surface area (Å²) in [5, 5.41) is 15.9. The van der Waals surface area contributed by atoms with Gasteiger partial charge in [0.1, 0.15) is 23.6 Å². The molecule has 2 aliphatic rings. The molecule has 0 radical (unpaired) electrons. The van der Waals surface area contributed by atoms with Crippen LogP contribution < -0.4 is 22.1 Å². The molecule has 1 aromatic carbocycles. The molecule has 3 heterocycles. The molecule has 2 atom stereocenters. The first-order valence-electron chi connectivity index (χ1n) is 10.9. The molecular formula is C22H27F2N9. The third-order valence-electron chi connectivity index (χ3n) is 5.94. The Kier molecular flexibility index (Phi) is 6.29. The summed E-state index contributed by atoms with van der Waals surface area (Å²) in [6.45, 7) is 2.87. The van der Waals surface area contributed by atoms with Gasteiger partial charge in [-0.15, -0.1) is 0 Å². The van der Waals surface area contributed by atoms with E-state index in [1.54, 1.807) is 0 Å². The van der Waals surface area contributed by atoms with E-state index in [1.807, 2.05) is 42.3 Å². The minimum atomic E-state index is -2.56. The van der Waals surface area contributed by atoms with Crippen molar-refractivity contribution in [3.05, 3.63) is 34.9 Å². The van der Waals surface area contributed by atoms with E-state index in [4.69, 9.17) is 11.5 Å². The molecule has 0 aliphatic carbocycles. The van der Waals surface area contributed by atoms with E-state index in [1.165, 1.54) is 0 Å². The van der Waals surface area contributed by atoms with Gasteiger partial charge in [0.05, 0.1) is 12.6 Å². The van der Waals surface area contributed by atoms with Crippen LogP contribution >= 0.6 is 0 Å². The van der Waals surface area contributed by atoms with Crippen LogP contribution in [0, 0.1) is 11.3 Å². The van der Waals surface area contributed by atoms with Crippen molar-refractivity contribution in [3.8, 4) is 6.07 Å². The molecule has 0 spiro atoms. The number of nitrogens with one attached hydrogen (secondary N) is 2. The van der Waals surface area contributed by atoms with Gasteiger partial charge in [-0.1, -0.05) is 12.1 Å². The molecular weight excluding hydrogens is 428 g/mol. The van der Waals surface area contributed by atoms with E-state index in [9.17, 15) is 14.0 Å². The van der Waals surface area contributed by atoms with Gasteiger partial charge in [0.15, 0.2) is 5.82 Å². The number of anilines is 4. The van der Waals surface area contributed by atoms with E-state index in [0.717, 1.165) is 29.7 Å². The fourth-order valence-electron chi connectivity index (χ4n) is 4.21. The number of hydrogen-bond acceptors (Lipinski definition) is 9. The van der Waals surface area contributed by atoms with Crippen LogP contribution in [0.2, 0.25) is 0 Å². The second-order valence-electron chi connectivity index (χ2n) is 8.47. The summed E-state index contributed by atoms with van der Waals surface area (Å²) in [5.74, 6) is -2.29. The lowest BCUT2D eigenvalue weighted by molar-refractivity contribution is 0.0122. The first-order chi connectivity index (χ1) is 15.8. The molecule has 33 heavy (non-hydrogen) atoms. The Morgan fingerprint density at radius 3 is 2.91 bits per heavy atom. The van der Waals surface area contributed by atoms with E-state index in [2.05, 4.69) is 25.6 Å². The summed E-state index contributed by atoms with van der Waals surface area (Å²) >= 11 is 0. The number of fused-ring (bicyclic) bond motifs is 1. The number of aryl methyl sites for hydroxylation is 1. The Hall–Kier alpha value is -3.52. The number of nitrogens with two attached hydrogens (primary N) is 2. The molecule has 0 saturated carbocycles. The van der Waals surface area contributed by atoms with Crippen LogP contribution in [0.4, 0.5) is 32.1 Å². The highest BCUT2D eigenvalue weighted by Gasteiger charge is 2.37. The number of aromatic nitrogens is 2. The molecule has 174 valence electrons. The Bertz CT molecular complexity index is 1100. The van der Waals surface area contributed by atoms with Crippen molar-refractivity contribution in [3.63, 3.8) is 0 Å². The molecule has 11 heteroatoms. The van der Waals surface area contributed by atoms with Crippen molar-refractivity contribution in [1.82, 2.24) is 14.9 Å². The highest BCUT2D eigenvalue weighted by atomic mass is 19.3. The van der Waals surface area contributed by atoms with E-state index < -0.39 is 5.92 Å². The number of rotatable bonds is 7. The SMILES string of the molecule is C[C@H](Nc1nc(N)nc(N)c1C#N)C1N=Cc2c(CCCN3CCC(F)(F)C3)cccc2N1. The van der Waals surface area contributed by atoms with Crippen LogP contribution in [0.15, 0.2) is 23.2 Å². The molecule has 4 rings (SSSR count). The predicted molar refractivity (Wildman–Crippen MR) is 124 cm³/mol. The second-order valence-corrected chi connectivity index (χ2v) is 8.47. The van der Waals surface area contributed by atoms with Gasteiger partial charge >= 0.3 is 0 Å². The standard InChI is InChI=1S/C22H27F2N9/c1-13(29-20-15(10-25)18(26)31-21(27)32-20)19-28-11-16-14(4-2-6-17(16)30-19)5-3-8-33-9-7-22(23,24)12-33/h2,4,6,11,13,19,30H,3,5,7-9,12H2,1H3,(H5,26,27,29,31,32)/t13-,19?/m0/s1.